The third-order valence-electron chi connectivity index (χ3n) is 4.25. The summed E-state index contributed by atoms with van der Waals surface area (Å²) in [6, 6.07) is 15.1. The number of aliphatic imine (C=N–C) groups is 1. The molecule has 0 aliphatic carbocycles. The van der Waals surface area contributed by atoms with Crippen molar-refractivity contribution in [1.29, 1.82) is 0 Å². The number of hydrogen-bond acceptors (Lipinski definition) is 5. The normalized spacial score (nSPS) is 11.2. The minimum absolute atomic E-state index is 0.222. The Balaban J connectivity index is 2.16. The summed E-state index contributed by atoms with van der Waals surface area (Å²) in [6.45, 7) is 1.76. The molecule has 7 heteroatoms. The number of benzene rings is 3. The Morgan fingerprint density at radius 3 is 2.35 bits per heavy atom. The number of isocyanates is 1. The number of sulfonamides is 1. The van der Waals surface area contributed by atoms with Gasteiger partial charge in [0, 0.05) is 23.5 Å². The summed E-state index contributed by atoms with van der Waals surface area (Å²) in [5.41, 5.74) is 8.02. The fourth-order valence-corrected chi connectivity index (χ4v) is 4.48. The van der Waals surface area contributed by atoms with E-state index in [0.717, 1.165) is 0 Å². The van der Waals surface area contributed by atoms with E-state index >= 15 is 0 Å². The second-order valence-electron chi connectivity index (χ2n) is 5.85. The quantitative estimate of drug-likeness (QED) is 0.434. The van der Waals surface area contributed by atoms with E-state index in [9.17, 15) is 13.2 Å². The Morgan fingerprint density at radius 2 is 1.69 bits per heavy atom. The zero-order valence-electron chi connectivity index (χ0n) is 14.3. The average molecular weight is 367 g/mol. The number of nitrogens with zero attached hydrogens (tertiary/aromatic N) is 2. The van der Waals surface area contributed by atoms with Crippen LogP contribution in [0, 0.1) is 6.92 Å². The fraction of sp³-hybridized carbons (Fsp3) is 0.105. The molecule has 0 spiro atoms. The van der Waals surface area contributed by atoms with Crippen LogP contribution in [0.25, 0.3) is 10.8 Å². The maximum Gasteiger partial charge on any atom is 0.264 e. The summed E-state index contributed by atoms with van der Waals surface area (Å²) in [7, 11) is -2.34. The molecular weight excluding hydrogens is 350 g/mol. The lowest BCUT2D eigenvalue weighted by atomic mass is 10.1. The molecule has 3 rings (SSSR count). The molecule has 0 amide bonds. The summed E-state index contributed by atoms with van der Waals surface area (Å²) in [5.74, 6) is 0. The lowest BCUT2D eigenvalue weighted by molar-refractivity contribution is 0.565. The summed E-state index contributed by atoms with van der Waals surface area (Å²) < 4.78 is 27.8. The molecule has 0 heterocycles. The highest BCUT2D eigenvalue weighted by molar-refractivity contribution is 7.93. The Labute approximate surface area is 151 Å². The maximum atomic E-state index is 13.3. The van der Waals surface area contributed by atoms with E-state index in [2.05, 4.69) is 4.99 Å². The number of nitrogens with two attached hydrogens (primary N) is 1. The van der Waals surface area contributed by atoms with Crippen molar-refractivity contribution < 1.29 is 13.2 Å². The summed E-state index contributed by atoms with van der Waals surface area (Å²) in [4.78, 5) is 14.0. The zero-order chi connectivity index (χ0) is 18.9. The van der Waals surface area contributed by atoms with Crippen LogP contribution in [0.5, 0.6) is 0 Å². The number of fused-ring (bicyclic) bond motifs is 1. The molecule has 0 bridgehead atoms. The van der Waals surface area contributed by atoms with Crippen LogP contribution in [0.2, 0.25) is 0 Å². The number of rotatable bonds is 4. The van der Waals surface area contributed by atoms with Crippen LogP contribution in [0.15, 0.2) is 64.5 Å². The largest absolute Gasteiger partial charge is 0.398 e. The Hall–Kier alpha value is -3.15. The molecule has 3 aromatic carbocycles. The standard InChI is InChI=1S/C19H17N3O3S/c1-13-6-11-16-17(4-3-5-18(16)20)19(13)26(24,25)22(2)15-9-7-14(8-10-15)21-12-23/h3-11H,20H2,1-2H3. The van der Waals surface area contributed by atoms with Crippen LogP contribution >= 0.6 is 0 Å². The van der Waals surface area contributed by atoms with Gasteiger partial charge in [-0.05, 0) is 42.8 Å². The minimum atomic E-state index is -3.82. The first-order chi connectivity index (χ1) is 12.4. The first-order valence-electron chi connectivity index (χ1n) is 7.81. The van der Waals surface area contributed by atoms with Crippen LogP contribution < -0.4 is 10.0 Å². The van der Waals surface area contributed by atoms with E-state index in [-0.39, 0.29) is 4.90 Å². The first kappa shape index (κ1) is 17.7. The molecule has 26 heavy (non-hydrogen) atoms. The van der Waals surface area contributed by atoms with Gasteiger partial charge in [0.2, 0.25) is 6.08 Å². The van der Waals surface area contributed by atoms with E-state index in [1.807, 2.05) is 6.07 Å². The van der Waals surface area contributed by atoms with Crippen molar-refractivity contribution in [2.75, 3.05) is 17.1 Å². The van der Waals surface area contributed by atoms with Crippen molar-refractivity contribution in [3.63, 3.8) is 0 Å². The molecule has 0 aliphatic heterocycles. The van der Waals surface area contributed by atoms with Gasteiger partial charge in [-0.1, -0.05) is 24.3 Å². The zero-order valence-corrected chi connectivity index (χ0v) is 15.1. The molecule has 3 aromatic rings. The third-order valence-corrected chi connectivity index (χ3v) is 6.24. The molecule has 6 nitrogen and oxygen atoms in total. The third kappa shape index (κ3) is 2.94. The van der Waals surface area contributed by atoms with Crippen molar-refractivity contribution in [3.8, 4) is 0 Å². The molecule has 0 radical (unpaired) electrons. The number of aryl methyl sites for hydroxylation is 1. The monoisotopic (exact) mass is 367 g/mol. The van der Waals surface area contributed by atoms with Crippen LogP contribution in [-0.2, 0) is 14.8 Å². The fourth-order valence-electron chi connectivity index (χ4n) is 2.87. The van der Waals surface area contributed by atoms with Gasteiger partial charge in [0.1, 0.15) is 0 Å². The molecule has 0 atom stereocenters. The van der Waals surface area contributed by atoms with Crippen LogP contribution in [0.3, 0.4) is 0 Å². The highest BCUT2D eigenvalue weighted by Crippen LogP contribution is 2.33. The molecule has 0 unspecified atom stereocenters. The van der Waals surface area contributed by atoms with Gasteiger partial charge < -0.3 is 5.73 Å². The molecule has 0 aromatic heterocycles. The minimum Gasteiger partial charge on any atom is -0.398 e. The van der Waals surface area contributed by atoms with E-state index in [4.69, 9.17) is 5.73 Å². The maximum absolute atomic E-state index is 13.3. The molecule has 0 saturated carbocycles. The van der Waals surface area contributed by atoms with E-state index < -0.39 is 10.0 Å². The molecule has 0 aliphatic rings. The average Bonchev–Trinajstić information content (AvgIpc) is 2.62. The highest BCUT2D eigenvalue weighted by atomic mass is 32.2. The van der Waals surface area contributed by atoms with Gasteiger partial charge in [-0.25, -0.2) is 13.2 Å². The summed E-state index contributed by atoms with van der Waals surface area (Å²) >= 11 is 0. The van der Waals surface area contributed by atoms with Crippen molar-refractivity contribution >= 4 is 43.9 Å². The predicted octanol–water partition coefficient (Wildman–Crippen LogP) is 3.52. The van der Waals surface area contributed by atoms with Gasteiger partial charge in [0.15, 0.2) is 0 Å². The van der Waals surface area contributed by atoms with Crippen LogP contribution in [0.4, 0.5) is 17.1 Å². The number of carbonyl (C=O) groups excluding carboxylic acids is 1. The lowest BCUT2D eigenvalue weighted by Gasteiger charge is -2.22. The molecule has 0 fully saturated rings. The van der Waals surface area contributed by atoms with Crippen molar-refractivity contribution in [1.82, 2.24) is 0 Å². The first-order valence-corrected chi connectivity index (χ1v) is 9.25. The van der Waals surface area contributed by atoms with Crippen molar-refractivity contribution in [2.24, 2.45) is 4.99 Å². The Bertz CT molecular complexity index is 1130. The number of anilines is 2. The van der Waals surface area contributed by atoms with E-state index in [1.54, 1.807) is 55.5 Å². The van der Waals surface area contributed by atoms with Gasteiger partial charge in [-0.2, -0.15) is 4.99 Å². The van der Waals surface area contributed by atoms with Gasteiger partial charge in [0.05, 0.1) is 16.3 Å². The number of hydrogen-bond donors (Lipinski definition) is 1. The lowest BCUT2D eigenvalue weighted by Crippen LogP contribution is -2.27. The predicted molar refractivity (Wildman–Crippen MR) is 103 cm³/mol. The van der Waals surface area contributed by atoms with Gasteiger partial charge in [-0.3, -0.25) is 4.31 Å². The smallest absolute Gasteiger partial charge is 0.264 e. The Kier molecular flexibility index (Phi) is 4.50. The molecule has 2 N–H and O–H groups in total. The second kappa shape index (κ2) is 6.63. The van der Waals surface area contributed by atoms with Crippen LogP contribution in [0.1, 0.15) is 5.56 Å². The van der Waals surface area contributed by atoms with Crippen molar-refractivity contribution in [3.05, 3.63) is 60.2 Å². The molecular formula is C19H17N3O3S. The topological polar surface area (TPSA) is 92.8 Å². The molecule has 132 valence electrons. The van der Waals surface area contributed by atoms with Gasteiger partial charge in [-0.15, -0.1) is 0 Å². The second-order valence-corrected chi connectivity index (χ2v) is 7.75. The van der Waals surface area contributed by atoms with Crippen LogP contribution in [-0.4, -0.2) is 21.5 Å². The SMILES string of the molecule is Cc1ccc2c(N)cccc2c1S(=O)(=O)N(C)c1ccc(N=C=O)cc1. The summed E-state index contributed by atoms with van der Waals surface area (Å²) in [5, 5.41) is 1.28. The van der Waals surface area contributed by atoms with E-state index in [0.29, 0.717) is 33.4 Å². The van der Waals surface area contributed by atoms with Gasteiger partial charge >= 0.3 is 0 Å². The van der Waals surface area contributed by atoms with Crippen molar-refractivity contribution in [2.45, 2.75) is 11.8 Å². The van der Waals surface area contributed by atoms with E-state index in [1.165, 1.54) is 17.4 Å². The highest BCUT2D eigenvalue weighted by Gasteiger charge is 2.26. The molecule has 0 saturated heterocycles. The number of nitrogen functional groups attached to an aromatic ring is 1. The van der Waals surface area contributed by atoms with Gasteiger partial charge in [0.25, 0.3) is 10.0 Å². The summed E-state index contributed by atoms with van der Waals surface area (Å²) in [6.07, 6.45) is 1.45. The Morgan fingerprint density at radius 1 is 1.00 bits per heavy atom.